The van der Waals surface area contributed by atoms with E-state index in [0.29, 0.717) is 11.4 Å². The average molecular weight is 285 g/mol. The van der Waals surface area contributed by atoms with Gasteiger partial charge >= 0.3 is 0 Å². The summed E-state index contributed by atoms with van der Waals surface area (Å²) in [6.07, 6.45) is 3.63. The molecule has 1 aromatic heterocycles. The fraction of sp³-hybridized carbons (Fsp3) is 0.500. The Labute approximate surface area is 125 Å². The van der Waals surface area contributed by atoms with Crippen molar-refractivity contribution in [1.82, 2.24) is 9.97 Å². The summed E-state index contributed by atoms with van der Waals surface area (Å²) in [5.74, 6) is 6.99. The molecule has 2 aromatic rings. The fourth-order valence-corrected chi connectivity index (χ4v) is 3.00. The summed E-state index contributed by atoms with van der Waals surface area (Å²) >= 11 is 0. The molecular formula is C16H23N5. The van der Waals surface area contributed by atoms with E-state index in [0.717, 1.165) is 29.8 Å². The van der Waals surface area contributed by atoms with Crippen LogP contribution in [0.1, 0.15) is 33.1 Å². The number of hydrazine groups is 1. The number of para-hydroxylation sites is 1. The third-order valence-electron chi connectivity index (χ3n) is 4.35. The highest BCUT2D eigenvalue weighted by atomic mass is 15.3. The van der Waals surface area contributed by atoms with Crippen LogP contribution < -0.4 is 16.2 Å². The maximum Gasteiger partial charge on any atom is 0.239 e. The summed E-state index contributed by atoms with van der Waals surface area (Å²) in [5, 5.41) is 1.09. The van der Waals surface area contributed by atoms with Crippen LogP contribution in [0.5, 0.6) is 0 Å². The van der Waals surface area contributed by atoms with Gasteiger partial charge in [0.2, 0.25) is 5.95 Å². The molecule has 1 aliphatic heterocycles. The van der Waals surface area contributed by atoms with Gasteiger partial charge in [0.15, 0.2) is 0 Å². The molecule has 0 spiro atoms. The van der Waals surface area contributed by atoms with Crippen molar-refractivity contribution in [2.75, 3.05) is 23.4 Å². The molecule has 1 fully saturated rings. The number of aromatic nitrogens is 2. The van der Waals surface area contributed by atoms with Crippen molar-refractivity contribution in [2.45, 2.75) is 33.1 Å². The van der Waals surface area contributed by atoms with Crippen LogP contribution in [-0.2, 0) is 0 Å². The Hall–Kier alpha value is -1.88. The molecule has 0 amide bonds. The Balaban J connectivity index is 2.02. The molecule has 1 saturated heterocycles. The number of hydrogen-bond donors (Lipinski definition) is 2. The normalized spacial score (nSPS) is 18.5. The first kappa shape index (κ1) is 14.1. The van der Waals surface area contributed by atoms with E-state index in [1.54, 1.807) is 0 Å². The third kappa shape index (κ3) is 2.93. The van der Waals surface area contributed by atoms with Crippen LogP contribution in [0, 0.1) is 5.41 Å². The summed E-state index contributed by atoms with van der Waals surface area (Å²) in [4.78, 5) is 11.4. The molecule has 0 saturated carbocycles. The summed E-state index contributed by atoms with van der Waals surface area (Å²) < 4.78 is 0. The lowest BCUT2D eigenvalue weighted by molar-refractivity contribution is 0.325. The van der Waals surface area contributed by atoms with Crippen LogP contribution in [-0.4, -0.2) is 23.1 Å². The predicted molar refractivity (Wildman–Crippen MR) is 87.2 cm³/mol. The van der Waals surface area contributed by atoms with Gasteiger partial charge in [-0.3, -0.25) is 5.43 Å². The molecule has 0 unspecified atom stereocenters. The average Bonchev–Trinajstić information content (AvgIpc) is 2.67. The standard InChI is InChI=1S/C16H23N5/c1-16(2)8-5-10-21(11-9-16)14-12-6-3-4-7-13(12)18-15(19-14)20-17/h3-4,6-7H,5,8-11,17H2,1-2H3,(H,18,19,20). The number of nitrogen functional groups attached to an aromatic ring is 1. The highest BCUT2D eigenvalue weighted by molar-refractivity contribution is 5.90. The van der Waals surface area contributed by atoms with Crippen LogP contribution in [0.25, 0.3) is 10.9 Å². The second kappa shape index (κ2) is 5.48. The molecule has 0 atom stereocenters. The van der Waals surface area contributed by atoms with E-state index in [4.69, 9.17) is 5.84 Å². The Bertz CT molecular complexity index is 638. The largest absolute Gasteiger partial charge is 0.356 e. The Morgan fingerprint density at radius 2 is 1.95 bits per heavy atom. The minimum Gasteiger partial charge on any atom is -0.356 e. The van der Waals surface area contributed by atoms with E-state index in [-0.39, 0.29) is 0 Å². The van der Waals surface area contributed by atoms with Gasteiger partial charge in [-0.1, -0.05) is 26.0 Å². The SMILES string of the molecule is CC1(C)CCCN(c2nc(NN)nc3ccccc23)CC1. The van der Waals surface area contributed by atoms with Crippen LogP contribution in [0.4, 0.5) is 11.8 Å². The van der Waals surface area contributed by atoms with E-state index < -0.39 is 0 Å². The van der Waals surface area contributed by atoms with Crippen molar-refractivity contribution in [3.05, 3.63) is 24.3 Å². The molecule has 0 bridgehead atoms. The van der Waals surface area contributed by atoms with Gasteiger partial charge in [0.05, 0.1) is 5.52 Å². The van der Waals surface area contributed by atoms with Crippen molar-refractivity contribution in [1.29, 1.82) is 0 Å². The Morgan fingerprint density at radius 1 is 1.14 bits per heavy atom. The Morgan fingerprint density at radius 3 is 2.76 bits per heavy atom. The van der Waals surface area contributed by atoms with Crippen molar-refractivity contribution < 1.29 is 0 Å². The molecule has 5 heteroatoms. The molecule has 21 heavy (non-hydrogen) atoms. The van der Waals surface area contributed by atoms with E-state index in [2.05, 4.69) is 40.2 Å². The minimum atomic E-state index is 0.409. The first-order valence-electron chi connectivity index (χ1n) is 7.57. The van der Waals surface area contributed by atoms with E-state index >= 15 is 0 Å². The number of rotatable bonds is 2. The van der Waals surface area contributed by atoms with Crippen LogP contribution in [0.3, 0.4) is 0 Å². The summed E-state index contributed by atoms with van der Waals surface area (Å²) in [6.45, 7) is 6.76. The van der Waals surface area contributed by atoms with Crippen LogP contribution >= 0.6 is 0 Å². The highest BCUT2D eigenvalue weighted by Crippen LogP contribution is 2.33. The number of nitrogens with one attached hydrogen (secondary N) is 1. The van der Waals surface area contributed by atoms with Gasteiger partial charge < -0.3 is 4.90 Å². The van der Waals surface area contributed by atoms with E-state index in [1.165, 1.54) is 19.3 Å². The molecule has 3 N–H and O–H groups in total. The molecule has 5 nitrogen and oxygen atoms in total. The molecule has 0 aliphatic carbocycles. The van der Waals surface area contributed by atoms with Gasteiger partial charge in [-0.15, -0.1) is 0 Å². The van der Waals surface area contributed by atoms with Gasteiger partial charge in [-0.25, -0.2) is 10.8 Å². The Kier molecular flexibility index (Phi) is 3.68. The minimum absolute atomic E-state index is 0.409. The first-order chi connectivity index (χ1) is 10.1. The molecule has 1 aromatic carbocycles. The zero-order valence-corrected chi connectivity index (χ0v) is 12.8. The number of hydrogen-bond acceptors (Lipinski definition) is 5. The van der Waals surface area contributed by atoms with E-state index in [1.807, 2.05) is 18.2 Å². The maximum atomic E-state index is 5.52. The van der Waals surface area contributed by atoms with Crippen LogP contribution in [0.2, 0.25) is 0 Å². The molecular weight excluding hydrogens is 262 g/mol. The second-order valence-electron chi connectivity index (χ2n) is 6.54. The van der Waals surface area contributed by atoms with Crippen molar-refractivity contribution in [2.24, 2.45) is 11.3 Å². The molecule has 0 radical (unpaired) electrons. The number of nitrogens with two attached hydrogens (primary N) is 1. The topological polar surface area (TPSA) is 67.1 Å². The highest BCUT2D eigenvalue weighted by Gasteiger charge is 2.24. The summed E-state index contributed by atoms with van der Waals surface area (Å²) in [5.41, 5.74) is 3.92. The molecule has 3 rings (SSSR count). The molecule has 112 valence electrons. The van der Waals surface area contributed by atoms with Gasteiger partial charge in [-0.05, 0) is 36.8 Å². The predicted octanol–water partition coefficient (Wildman–Crippen LogP) is 2.93. The molecule has 1 aliphatic rings. The van der Waals surface area contributed by atoms with Gasteiger partial charge in [0.25, 0.3) is 0 Å². The van der Waals surface area contributed by atoms with Crippen molar-refractivity contribution in [3.63, 3.8) is 0 Å². The lowest BCUT2D eigenvalue weighted by Crippen LogP contribution is -2.27. The number of nitrogens with zero attached hydrogens (tertiary/aromatic N) is 3. The second-order valence-corrected chi connectivity index (χ2v) is 6.54. The van der Waals surface area contributed by atoms with Crippen molar-refractivity contribution in [3.8, 4) is 0 Å². The fourth-order valence-electron chi connectivity index (χ4n) is 3.00. The van der Waals surface area contributed by atoms with Gasteiger partial charge in [0, 0.05) is 18.5 Å². The number of benzene rings is 1. The van der Waals surface area contributed by atoms with Gasteiger partial charge in [-0.2, -0.15) is 4.98 Å². The van der Waals surface area contributed by atoms with Gasteiger partial charge in [0.1, 0.15) is 5.82 Å². The smallest absolute Gasteiger partial charge is 0.239 e. The van der Waals surface area contributed by atoms with E-state index in [9.17, 15) is 0 Å². The number of anilines is 2. The summed E-state index contributed by atoms with van der Waals surface area (Å²) in [7, 11) is 0. The number of fused-ring (bicyclic) bond motifs is 1. The lowest BCUT2D eigenvalue weighted by atomic mass is 9.85. The monoisotopic (exact) mass is 285 g/mol. The maximum absolute atomic E-state index is 5.52. The summed E-state index contributed by atoms with van der Waals surface area (Å²) in [6, 6.07) is 8.11. The van der Waals surface area contributed by atoms with Crippen LogP contribution in [0.15, 0.2) is 24.3 Å². The third-order valence-corrected chi connectivity index (χ3v) is 4.35. The zero-order valence-electron chi connectivity index (χ0n) is 12.8. The van der Waals surface area contributed by atoms with Crippen molar-refractivity contribution >= 4 is 22.7 Å². The molecule has 2 heterocycles. The zero-order chi connectivity index (χ0) is 14.9. The first-order valence-corrected chi connectivity index (χ1v) is 7.57. The quantitative estimate of drug-likeness (QED) is 0.656. The lowest BCUT2D eigenvalue weighted by Gasteiger charge is -2.25.